The van der Waals surface area contributed by atoms with Crippen LogP contribution in [-0.4, -0.2) is 41.3 Å². The zero-order valence-corrected chi connectivity index (χ0v) is 6.18. The van der Waals surface area contributed by atoms with Crippen LogP contribution >= 0.6 is 0 Å². The standard InChI is InChI=1S/C6H14N2O3/c7-3-1-4(10)5(2-9)11-6(3)8/h3-6,9-10H,1-2,7-8H2/t3-,4+,5-,6?/m1/s1. The number of aliphatic hydroxyl groups is 2. The lowest BCUT2D eigenvalue weighted by Gasteiger charge is -2.34. The molecule has 1 aliphatic heterocycles. The van der Waals surface area contributed by atoms with Gasteiger partial charge in [-0.15, -0.1) is 0 Å². The minimum atomic E-state index is -0.699. The Morgan fingerprint density at radius 3 is 2.64 bits per heavy atom. The van der Waals surface area contributed by atoms with Crippen LogP contribution in [0.1, 0.15) is 6.42 Å². The second-order valence-corrected chi connectivity index (χ2v) is 2.79. The molecule has 0 spiro atoms. The molecule has 0 aliphatic carbocycles. The average Bonchev–Trinajstić information content (AvgIpc) is 1.97. The molecule has 0 amide bonds. The number of ether oxygens (including phenoxy) is 1. The van der Waals surface area contributed by atoms with Crippen LogP contribution < -0.4 is 11.5 Å². The highest BCUT2D eigenvalue weighted by Gasteiger charge is 2.32. The van der Waals surface area contributed by atoms with Crippen LogP contribution in [-0.2, 0) is 4.74 Å². The Hall–Kier alpha value is -0.200. The highest BCUT2D eigenvalue weighted by Crippen LogP contribution is 2.15. The van der Waals surface area contributed by atoms with Gasteiger partial charge in [0, 0.05) is 6.04 Å². The lowest BCUT2D eigenvalue weighted by Crippen LogP contribution is -2.55. The normalized spacial score (nSPS) is 45.8. The predicted molar refractivity (Wildman–Crippen MR) is 38.5 cm³/mol. The number of hydrogen-bond acceptors (Lipinski definition) is 5. The van der Waals surface area contributed by atoms with E-state index < -0.39 is 18.4 Å². The maximum absolute atomic E-state index is 9.24. The van der Waals surface area contributed by atoms with Gasteiger partial charge in [-0.05, 0) is 6.42 Å². The van der Waals surface area contributed by atoms with Gasteiger partial charge >= 0.3 is 0 Å². The van der Waals surface area contributed by atoms with Crippen molar-refractivity contribution in [1.29, 1.82) is 0 Å². The number of hydrogen-bond donors (Lipinski definition) is 4. The monoisotopic (exact) mass is 162 g/mol. The smallest absolute Gasteiger partial charge is 0.121 e. The van der Waals surface area contributed by atoms with E-state index in [4.69, 9.17) is 21.3 Å². The molecule has 0 aromatic heterocycles. The molecule has 5 heteroatoms. The quantitative estimate of drug-likeness (QED) is 0.348. The van der Waals surface area contributed by atoms with Crippen molar-refractivity contribution in [3.05, 3.63) is 0 Å². The third kappa shape index (κ3) is 1.88. The first-order valence-electron chi connectivity index (χ1n) is 3.60. The van der Waals surface area contributed by atoms with Crippen molar-refractivity contribution in [3.63, 3.8) is 0 Å². The Balaban J connectivity index is 2.48. The summed E-state index contributed by atoms with van der Waals surface area (Å²) >= 11 is 0. The Morgan fingerprint density at radius 1 is 1.45 bits per heavy atom. The van der Waals surface area contributed by atoms with Crippen molar-refractivity contribution in [1.82, 2.24) is 0 Å². The van der Waals surface area contributed by atoms with Crippen molar-refractivity contribution in [3.8, 4) is 0 Å². The summed E-state index contributed by atoms with van der Waals surface area (Å²) in [6.45, 7) is -0.221. The zero-order chi connectivity index (χ0) is 8.43. The third-order valence-electron chi connectivity index (χ3n) is 1.88. The molecule has 0 bridgehead atoms. The van der Waals surface area contributed by atoms with Gasteiger partial charge in [-0.2, -0.15) is 0 Å². The van der Waals surface area contributed by atoms with Crippen molar-refractivity contribution in [2.75, 3.05) is 6.61 Å². The second kappa shape index (κ2) is 3.46. The molecule has 1 heterocycles. The molecule has 1 fully saturated rings. The van der Waals surface area contributed by atoms with Crippen molar-refractivity contribution < 1.29 is 14.9 Å². The summed E-state index contributed by atoms with van der Waals surface area (Å²) in [6.07, 6.45) is -1.47. The van der Waals surface area contributed by atoms with Gasteiger partial charge in [0.25, 0.3) is 0 Å². The topological polar surface area (TPSA) is 102 Å². The first-order valence-corrected chi connectivity index (χ1v) is 3.60. The molecule has 11 heavy (non-hydrogen) atoms. The van der Waals surface area contributed by atoms with Gasteiger partial charge in [0.1, 0.15) is 12.3 Å². The summed E-state index contributed by atoms with van der Waals surface area (Å²) in [6, 6.07) is -0.340. The van der Waals surface area contributed by atoms with Crippen LogP contribution in [0.15, 0.2) is 0 Å². The van der Waals surface area contributed by atoms with Gasteiger partial charge < -0.3 is 26.4 Å². The maximum atomic E-state index is 9.24. The van der Waals surface area contributed by atoms with E-state index in [-0.39, 0.29) is 12.6 Å². The predicted octanol–water partition coefficient (Wildman–Crippen LogP) is -2.26. The van der Waals surface area contributed by atoms with Crippen molar-refractivity contribution in [2.45, 2.75) is 30.9 Å². The van der Waals surface area contributed by atoms with Crippen molar-refractivity contribution >= 4 is 0 Å². The molecule has 1 aliphatic rings. The molecule has 4 atom stereocenters. The number of rotatable bonds is 1. The molecular formula is C6H14N2O3. The zero-order valence-electron chi connectivity index (χ0n) is 6.18. The minimum Gasteiger partial charge on any atom is -0.394 e. The van der Waals surface area contributed by atoms with Crippen LogP contribution in [0.2, 0.25) is 0 Å². The minimum absolute atomic E-state index is 0.221. The summed E-state index contributed by atoms with van der Waals surface area (Å²) in [5.74, 6) is 0. The summed E-state index contributed by atoms with van der Waals surface area (Å²) in [7, 11) is 0. The van der Waals surface area contributed by atoms with E-state index in [1.54, 1.807) is 0 Å². The van der Waals surface area contributed by atoms with Gasteiger partial charge in [-0.1, -0.05) is 0 Å². The molecule has 0 radical (unpaired) electrons. The Bertz CT molecular complexity index is 133. The van der Waals surface area contributed by atoms with E-state index in [0.717, 1.165) is 0 Å². The Labute approximate surface area is 64.9 Å². The van der Waals surface area contributed by atoms with Crippen molar-refractivity contribution in [2.24, 2.45) is 11.5 Å². The molecule has 0 aromatic rings. The van der Waals surface area contributed by atoms with Crippen LogP contribution in [0.5, 0.6) is 0 Å². The van der Waals surface area contributed by atoms with E-state index in [2.05, 4.69) is 0 Å². The van der Waals surface area contributed by atoms with E-state index in [0.29, 0.717) is 6.42 Å². The fourth-order valence-corrected chi connectivity index (χ4v) is 1.12. The fraction of sp³-hybridized carbons (Fsp3) is 1.00. The summed E-state index contributed by atoms with van der Waals surface area (Å²) in [5, 5.41) is 17.9. The average molecular weight is 162 g/mol. The molecule has 0 saturated carbocycles. The summed E-state index contributed by atoms with van der Waals surface area (Å²) < 4.78 is 5.01. The number of nitrogens with two attached hydrogens (primary N) is 2. The lowest BCUT2D eigenvalue weighted by atomic mass is 10.0. The van der Waals surface area contributed by atoms with Gasteiger partial charge in [-0.3, -0.25) is 0 Å². The lowest BCUT2D eigenvalue weighted by molar-refractivity contribution is -0.139. The van der Waals surface area contributed by atoms with Gasteiger partial charge in [0.15, 0.2) is 0 Å². The van der Waals surface area contributed by atoms with Gasteiger partial charge in [0.05, 0.1) is 12.7 Å². The largest absolute Gasteiger partial charge is 0.394 e. The number of aliphatic hydroxyl groups excluding tert-OH is 2. The second-order valence-electron chi connectivity index (χ2n) is 2.79. The fourth-order valence-electron chi connectivity index (χ4n) is 1.12. The third-order valence-corrected chi connectivity index (χ3v) is 1.88. The van der Waals surface area contributed by atoms with E-state index in [9.17, 15) is 5.11 Å². The Morgan fingerprint density at radius 2 is 2.09 bits per heavy atom. The molecular weight excluding hydrogens is 148 g/mol. The van der Waals surface area contributed by atoms with E-state index in [1.807, 2.05) is 0 Å². The van der Waals surface area contributed by atoms with Crippen LogP contribution in [0.3, 0.4) is 0 Å². The SMILES string of the molecule is NC1O[C@H](CO)[C@@H](O)C[C@H]1N. The van der Waals surface area contributed by atoms with Crippen LogP contribution in [0.4, 0.5) is 0 Å². The molecule has 1 unspecified atom stereocenters. The van der Waals surface area contributed by atoms with Crippen LogP contribution in [0, 0.1) is 0 Å². The molecule has 6 N–H and O–H groups in total. The molecule has 0 aromatic carbocycles. The highest BCUT2D eigenvalue weighted by molar-refractivity contribution is 4.83. The van der Waals surface area contributed by atoms with Gasteiger partial charge in [-0.25, -0.2) is 0 Å². The maximum Gasteiger partial charge on any atom is 0.121 e. The summed E-state index contributed by atoms with van der Waals surface area (Å²) in [5.41, 5.74) is 10.9. The van der Waals surface area contributed by atoms with E-state index >= 15 is 0 Å². The molecule has 1 rings (SSSR count). The van der Waals surface area contributed by atoms with Crippen LogP contribution in [0.25, 0.3) is 0 Å². The first-order chi connectivity index (χ1) is 5.15. The Kier molecular flexibility index (Phi) is 2.80. The highest BCUT2D eigenvalue weighted by atomic mass is 16.5. The first kappa shape index (κ1) is 8.89. The molecule has 66 valence electrons. The summed E-state index contributed by atoms with van der Waals surface area (Å²) in [4.78, 5) is 0. The molecule has 5 nitrogen and oxygen atoms in total. The van der Waals surface area contributed by atoms with Gasteiger partial charge in [0.2, 0.25) is 0 Å². The molecule has 1 saturated heterocycles. The van der Waals surface area contributed by atoms with E-state index in [1.165, 1.54) is 0 Å².